The number of carbonyl (C=O) groups excluding carboxylic acids is 1. The molecule has 3 rings (SSSR count). The molecule has 26 heavy (non-hydrogen) atoms. The van der Waals surface area contributed by atoms with Crippen LogP contribution in [0.1, 0.15) is 37.5 Å². The Morgan fingerprint density at radius 2 is 2.00 bits per heavy atom. The molecule has 0 unspecified atom stereocenters. The van der Waals surface area contributed by atoms with Crippen molar-refractivity contribution in [3.63, 3.8) is 0 Å². The van der Waals surface area contributed by atoms with Gasteiger partial charge in [-0.3, -0.25) is 4.98 Å². The molecule has 1 aliphatic rings. The highest BCUT2D eigenvalue weighted by molar-refractivity contribution is 6.21. The fourth-order valence-electron chi connectivity index (χ4n) is 3.11. The molecule has 0 saturated carbocycles. The van der Waals surface area contributed by atoms with Crippen LogP contribution in [0.15, 0.2) is 36.7 Å². The number of esters is 1. The van der Waals surface area contributed by atoms with Gasteiger partial charge in [0.15, 0.2) is 11.5 Å². The molecule has 1 aliphatic heterocycles. The van der Waals surface area contributed by atoms with Gasteiger partial charge < -0.3 is 14.2 Å². The number of carbonyl (C=O) groups is 1. The molecule has 136 valence electrons. The van der Waals surface area contributed by atoms with Crippen LogP contribution >= 0.6 is 0 Å². The molecule has 0 atom stereocenters. The lowest BCUT2D eigenvalue weighted by Gasteiger charge is -2.17. The van der Waals surface area contributed by atoms with Crippen molar-refractivity contribution in [2.75, 3.05) is 13.7 Å². The van der Waals surface area contributed by atoms with Gasteiger partial charge in [-0.25, -0.2) is 4.79 Å². The first-order chi connectivity index (χ1) is 12.4. The van der Waals surface area contributed by atoms with Gasteiger partial charge in [0.2, 0.25) is 0 Å². The molecule has 0 bridgehead atoms. The highest BCUT2D eigenvalue weighted by atomic mass is 16.5. The quantitative estimate of drug-likeness (QED) is 0.602. The van der Waals surface area contributed by atoms with Crippen molar-refractivity contribution in [1.82, 2.24) is 4.98 Å². The van der Waals surface area contributed by atoms with E-state index in [1.54, 1.807) is 38.6 Å². The molecule has 2 aromatic rings. The van der Waals surface area contributed by atoms with Crippen LogP contribution in [0.2, 0.25) is 0 Å². The minimum Gasteiger partial charge on any atom is -0.493 e. The van der Waals surface area contributed by atoms with Crippen LogP contribution in [0.3, 0.4) is 0 Å². The summed E-state index contributed by atoms with van der Waals surface area (Å²) in [5.74, 6) is 1.08. The van der Waals surface area contributed by atoms with Gasteiger partial charge >= 0.3 is 5.97 Å². The minimum atomic E-state index is -0.360. The minimum absolute atomic E-state index is 0.318. The second-order valence-corrected chi connectivity index (χ2v) is 6.72. The number of nitrogens with zero attached hydrogens (tertiary/aromatic N) is 1. The number of pyridine rings is 1. The van der Waals surface area contributed by atoms with E-state index in [-0.39, 0.29) is 11.6 Å². The van der Waals surface area contributed by atoms with E-state index in [9.17, 15) is 4.79 Å². The Morgan fingerprint density at radius 1 is 1.27 bits per heavy atom. The summed E-state index contributed by atoms with van der Waals surface area (Å²) in [6.07, 6.45) is 5.91. The zero-order chi connectivity index (χ0) is 18.7. The van der Waals surface area contributed by atoms with Gasteiger partial charge in [0, 0.05) is 24.4 Å². The van der Waals surface area contributed by atoms with Crippen molar-refractivity contribution in [2.24, 2.45) is 0 Å². The molecule has 0 amide bonds. The third kappa shape index (κ3) is 3.57. The van der Waals surface area contributed by atoms with Crippen LogP contribution in [0.4, 0.5) is 0 Å². The molecule has 0 spiro atoms. The summed E-state index contributed by atoms with van der Waals surface area (Å²) in [4.78, 5) is 16.6. The van der Waals surface area contributed by atoms with E-state index < -0.39 is 0 Å². The third-order valence-electron chi connectivity index (χ3n) is 4.25. The summed E-state index contributed by atoms with van der Waals surface area (Å²) in [5.41, 5.74) is 2.89. The number of fused-ring (bicyclic) bond motifs is 1. The molecule has 2 heterocycles. The Kier molecular flexibility index (Phi) is 4.98. The Morgan fingerprint density at radius 3 is 2.65 bits per heavy atom. The lowest BCUT2D eigenvalue weighted by molar-refractivity contribution is -0.136. The first kappa shape index (κ1) is 18.0. The van der Waals surface area contributed by atoms with Gasteiger partial charge in [0.25, 0.3) is 0 Å². The van der Waals surface area contributed by atoms with Crippen LogP contribution in [0.25, 0.3) is 11.6 Å². The summed E-state index contributed by atoms with van der Waals surface area (Å²) in [6, 6.07) is 7.41. The third-order valence-corrected chi connectivity index (χ3v) is 4.25. The highest BCUT2D eigenvalue weighted by Gasteiger charge is 2.34. The van der Waals surface area contributed by atoms with Crippen molar-refractivity contribution in [2.45, 2.75) is 32.8 Å². The van der Waals surface area contributed by atoms with E-state index >= 15 is 0 Å². The summed E-state index contributed by atoms with van der Waals surface area (Å²) in [6.45, 7) is 6.19. The second kappa shape index (κ2) is 7.20. The van der Waals surface area contributed by atoms with Gasteiger partial charge in [-0.1, -0.05) is 6.07 Å². The van der Waals surface area contributed by atoms with Crippen molar-refractivity contribution in [3.05, 3.63) is 53.3 Å². The summed E-state index contributed by atoms with van der Waals surface area (Å²) in [5, 5.41) is 0. The molecule has 0 N–H and O–H groups in total. The average Bonchev–Trinajstić information content (AvgIpc) is 2.95. The van der Waals surface area contributed by atoms with Gasteiger partial charge in [-0.2, -0.15) is 0 Å². The van der Waals surface area contributed by atoms with Crippen molar-refractivity contribution in [3.8, 4) is 11.5 Å². The molecule has 0 saturated heterocycles. The molecular weight excluding hydrogens is 330 g/mol. The van der Waals surface area contributed by atoms with Crippen molar-refractivity contribution < 1.29 is 19.0 Å². The number of hydrogen-bond donors (Lipinski definition) is 0. The molecule has 0 aliphatic carbocycles. The average molecular weight is 353 g/mol. The normalized spacial score (nSPS) is 15.2. The maximum absolute atomic E-state index is 12.5. The molecule has 0 fully saturated rings. The fourth-order valence-corrected chi connectivity index (χ4v) is 3.11. The van der Waals surface area contributed by atoms with Gasteiger partial charge in [0.1, 0.15) is 5.60 Å². The van der Waals surface area contributed by atoms with Crippen LogP contribution in [-0.2, 0) is 16.0 Å². The summed E-state index contributed by atoms with van der Waals surface area (Å²) < 4.78 is 16.8. The van der Waals surface area contributed by atoms with E-state index in [0.717, 1.165) is 28.9 Å². The lowest BCUT2D eigenvalue weighted by Crippen LogP contribution is -2.24. The Hall–Kier alpha value is -2.82. The van der Waals surface area contributed by atoms with E-state index in [4.69, 9.17) is 14.2 Å². The van der Waals surface area contributed by atoms with Gasteiger partial charge in [0.05, 0.1) is 19.3 Å². The van der Waals surface area contributed by atoms with E-state index in [1.807, 2.05) is 32.1 Å². The van der Waals surface area contributed by atoms with Crippen LogP contribution in [-0.4, -0.2) is 30.3 Å². The monoisotopic (exact) mass is 353 g/mol. The maximum atomic E-state index is 12.5. The smallest absolute Gasteiger partial charge is 0.338 e. The maximum Gasteiger partial charge on any atom is 0.338 e. The number of ether oxygens (including phenoxy) is 3. The van der Waals surface area contributed by atoms with Crippen LogP contribution < -0.4 is 9.47 Å². The Balaban J connectivity index is 2.12. The predicted molar refractivity (Wildman–Crippen MR) is 100 cm³/mol. The number of benzene rings is 1. The standard InChI is InChI=1S/C21H23NO4/c1-5-25-20(23)16(14-8-10-22-11-9-14)12-15-6-7-18(24-4)19-17(15)13-21(2,3)26-19/h6-12H,5,13H2,1-4H3/b16-12-. The van der Waals surface area contributed by atoms with Gasteiger partial charge in [-0.15, -0.1) is 0 Å². The molecule has 5 nitrogen and oxygen atoms in total. The molecular formula is C21H23NO4. The van der Waals surface area contributed by atoms with E-state index in [1.165, 1.54) is 0 Å². The molecule has 1 aromatic heterocycles. The van der Waals surface area contributed by atoms with E-state index in [2.05, 4.69) is 4.98 Å². The largest absolute Gasteiger partial charge is 0.493 e. The lowest BCUT2D eigenvalue weighted by atomic mass is 9.94. The highest BCUT2D eigenvalue weighted by Crippen LogP contribution is 2.44. The first-order valence-corrected chi connectivity index (χ1v) is 8.63. The molecule has 0 radical (unpaired) electrons. The molecule has 1 aromatic carbocycles. The van der Waals surface area contributed by atoms with E-state index in [0.29, 0.717) is 17.9 Å². The Bertz CT molecular complexity index is 841. The van der Waals surface area contributed by atoms with Gasteiger partial charge in [-0.05, 0) is 56.2 Å². The number of hydrogen-bond acceptors (Lipinski definition) is 5. The Labute approximate surface area is 153 Å². The predicted octanol–water partition coefficient (Wildman–Crippen LogP) is 3.91. The van der Waals surface area contributed by atoms with Crippen molar-refractivity contribution in [1.29, 1.82) is 0 Å². The number of rotatable bonds is 5. The van der Waals surface area contributed by atoms with Crippen LogP contribution in [0.5, 0.6) is 11.5 Å². The summed E-state index contributed by atoms with van der Waals surface area (Å²) >= 11 is 0. The zero-order valence-corrected chi connectivity index (χ0v) is 15.5. The van der Waals surface area contributed by atoms with Crippen molar-refractivity contribution >= 4 is 17.6 Å². The topological polar surface area (TPSA) is 57.7 Å². The van der Waals surface area contributed by atoms with Crippen LogP contribution in [0, 0.1) is 0 Å². The summed E-state index contributed by atoms with van der Waals surface area (Å²) in [7, 11) is 1.63. The first-order valence-electron chi connectivity index (χ1n) is 8.63. The SMILES string of the molecule is CCOC(=O)/C(=C\c1ccc(OC)c2c1CC(C)(C)O2)c1ccncc1. The number of methoxy groups -OCH3 is 1. The zero-order valence-electron chi connectivity index (χ0n) is 15.5. The fraction of sp³-hybridized carbons (Fsp3) is 0.333. The molecule has 5 heteroatoms. The second-order valence-electron chi connectivity index (χ2n) is 6.72. The number of aromatic nitrogens is 1.